The van der Waals surface area contributed by atoms with Crippen molar-refractivity contribution in [3.05, 3.63) is 0 Å². The van der Waals surface area contributed by atoms with Gasteiger partial charge in [0, 0.05) is 38.6 Å². The number of morpholine rings is 1. The molecule has 0 aromatic rings. The number of rotatable bonds is 6. The Morgan fingerprint density at radius 2 is 1.95 bits per heavy atom. The molecule has 2 aliphatic heterocycles. The summed E-state index contributed by atoms with van der Waals surface area (Å²) < 4.78 is 5.37. The van der Waals surface area contributed by atoms with Gasteiger partial charge in [-0.25, -0.2) is 0 Å². The lowest BCUT2D eigenvalue weighted by Gasteiger charge is -2.33. The highest BCUT2D eigenvalue weighted by Gasteiger charge is 2.29. The molecule has 126 valence electrons. The molecular formula is C14H29Cl2N3O2. The van der Waals surface area contributed by atoms with Crippen LogP contribution < -0.4 is 5.32 Å². The number of nitrogens with zero attached hydrogens (tertiary/aromatic N) is 2. The fourth-order valence-electron chi connectivity index (χ4n) is 3.00. The zero-order valence-electron chi connectivity index (χ0n) is 12.9. The van der Waals surface area contributed by atoms with Gasteiger partial charge >= 0.3 is 0 Å². The lowest BCUT2D eigenvalue weighted by atomic mass is 10.2. The first-order chi connectivity index (χ1) is 9.31. The quantitative estimate of drug-likeness (QED) is 0.736. The number of halogens is 2. The van der Waals surface area contributed by atoms with Crippen LogP contribution in [0.15, 0.2) is 0 Å². The van der Waals surface area contributed by atoms with Crippen molar-refractivity contribution < 1.29 is 9.53 Å². The molecule has 0 spiro atoms. The van der Waals surface area contributed by atoms with Gasteiger partial charge in [-0.05, 0) is 32.9 Å². The molecule has 1 N–H and O–H groups in total. The second-order valence-electron chi connectivity index (χ2n) is 5.50. The number of carbonyl (C=O) groups excluding carboxylic acids is 1. The molecule has 0 aromatic carbocycles. The molecule has 1 unspecified atom stereocenters. The third-order valence-electron chi connectivity index (χ3n) is 4.09. The number of amides is 1. The molecule has 0 bridgehead atoms. The van der Waals surface area contributed by atoms with Gasteiger partial charge in [0.15, 0.2) is 0 Å². The highest BCUT2D eigenvalue weighted by Crippen LogP contribution is 2.20. The summed E-state index contributed by atoms with van der Waals surface area (Å²) in [5.41, 5.74) is 0. The van der Waals surface area contributed by atoms with Gasteiger partial charge in [0.25, 0.3) is 0 Å². The van der Waals surface area contributed by atoms with Gasteiger partial charge in [0.1, 0.15) is 0 Å². The van der Waals surface area contributed by atoms with Gasteiger partial charge in [-0.2, -0.15) is 0 Å². The Morgan fingerprint density at radius 3 is 2.62 bits per heavy atom. The summed E-state index contributed by atoms with van der Waals surface area (Å²) in [6.45, 7) is 6.60. The van der Waals surface area contributed by atoms with Gasteiger partial charge in [-0.3, -0.25) is 9.69 Å². The second kappa shape index (κ2) is 11.5. The van der Waals surface area contributed by atoms with Crippen molar-refractivity contribution in [1.82, 2.24) is 15.1 Å². The Kier molecular flexibility index (Phi) is 11.5. The van der Waals surface area contributed by atoms with E-state index in [1.165, 1.54) is 0 Å². The number of hydrogen-bond acceptors (Lipinski definition) is 4. The summed E-state index contributed by atoms with van der Waals surface area (Å²) >= 11 is 0. The predicted octanol–water partition coefficient (Wildman–Crippen LogP) is 1.15. The highest BCUT2D eigenvalue weighted by molar-refractivity contribution is 5.85. The van der Waals surface area contributed by atoms with Crippen molar-refractivity contribution in [3.8, 4) is 0 Å². The summed E-state index contributed by atoms with van der Waals surface area (Å²) in [6, 6.07) is 0.431. The van der Waals surface area contributed by atoms with Crippen LogP contribution in [0.3, 0.4) is 0 Å². The van der Waals surface area contributed by atoms with Crippen LogP contribution in [0.1, 0.15) is 25.7 Å². The molecule has 1 atom stereocenters. The summed E-state index contributed by atoms with van der Waals surface area (Å²) in [5, 5.41) is 3.10. The number of nitrogens with one attached hydrogen (secondary N) is 1. The normalized spacial score (nSPS) is 22.5. The molecular weight excluding hydrogens is 313 g/mol. The molecule has 0 radical (unpaired) electrons. The standard InChI is InChI=1S/C14H27N3O2.2ClH/c1-15-6-2-5-14(18)17-7-3-4-13(17)12-16-8-10-19-11-9-16;;/h13,15H,2-12H2,1H3;2*1H. The van der Waals surface area contributed by atoms with Crippen molar-refractivity contribution in [2.45, 2.75) is 31.7 Å². The first-order valence-electron chi connectivity index (χ1n) is 7.55. The summed E-state index contributed by atoms with van der Waals surface area (Å²) in [5.74, 6) is 0.339. The van der Waals surface area contributed by atoms with E-state index in [2.05, 4.69) is 15.1 Å². The molecule has 1 amide bonds. The molecule has 7 heteroatoms. The van der Waals surface area contributed by atoms with Crippen LogP contribution in [0.5, 0.6) is 0 Å². The fourth-order valence-corrected chi connectivity index (χ4v) is 3.00. The number of hydrogen-bond donors (Lipinski definition) is 1. The number of ether oxygens (including phenoxy) is 1. The summed E-state index contributed by atoms with van der Waals surface area (Å²) in [7, 11) is 1.93. The molecule has 2 rings (SSSR count). The third kappa shape index (κ3) is 6.70. The van der Waals surface area contributed by atoms with Crippen LogP contribution in [0.2, 0.25) is 0 Å². The maximum atomic E-state index is 12.2. The first kappa shape index (κ1) is 20.9. The maximum absolute atomic E-state index is 12.2. The van der Waals surface area contributed by atoms with E-state index < -0.39 is 0 Å². The van der Waals surface area contributed by atoms with E-state index in [4.69, 9.17) is 4.74 Å². The second-order valence-corrected chi connectivity index (χ2v) is 5.50. The van der Waals surface area contributed by atoms with Crippen molar-refractivity contribution in [2.24, 2.45) is 0 Å². The molecule has 21 heavy (non-hydrogen) atoms. The molecule has 2 fully saturated rings. The van der Waals surface area contributed by atoms with Crippen molar-refractivity contribution in [3.63, 3.8) is 0 Å². The van der Waals surface area contributed by atoms with E-state index in [1.807, 2.05) is 7.05 Å². The minimum absolute atomic E-state index is 0. The Labute approximate surface area is 140 Å². The Morgan fingerprint density at radius 1 is 1.24 bits per heavy atom. The predicted molar refractivity (Wildman–Crippen MR) is 89.7 cm³/mol. The molecule has 0 aromatic heterocycles. The molecule has 0 saturated carbocycles. The van der Waals surface area contributed by atoms with E-state index >= 15 is 0 Å². The van der Waals surface area contributed by atoms with Crippen LogP contribution >= 0.6 is 24.8 Å². The minimum Gasteiger partial charge on any atom is -0.379 e. The van der Waals surface area contributed by atoms with Crippen LogP contribution in [0, 0.1) is 0 Å². The van der Waals surface area contributed by atoms with Crippen molar-refractivity contribution in [2.75, 3.05) is 53.0 Å². The number of carbonyl (C=O) groups is 1. The minimum atomic E-state index is 0. The van der Waals surface area contributed by atoms with Crippen LogP contribution in [-0.4, -0.2) is 74.7 Å². The topological polar surface area (TPSA) is 44.8 Å². The summed E-state index contributed by atoms with van der Waals surface area (Å²) in [6.07, 6.45) is 3.94. The van der Waals surface area contributed by atoms with Crippen molar-refractivity contribution in [1.29, 1.82) is 0 Å². The van der Waals surface area contributed by atoms with Crippen LogP contribution in [0.25, 0.3) is 0 Å². The molecule has 0 aliphatic carbocycles. The van der Waals surface area contributed by atoms with Crippen LogP contribution in [0.4, 0.5) is 0 Å². The molecule has 5 nitrogen and oxygen atoms in total. The van der Waals surface area contributed by atoms with Gasteiger partial charge in [0.2, 0.25) is 5.91 Å². The lowest BCUT2D eigenvalue weighted by molar-refractivity contribution is -0.132. The fraction of sp³-hybridized carbons (Fsp3) is 0.929. The first-order valence-corrected chi connectivity index (χ1v) is 7.55. The Hall–Kier alpha value is -0.0700. The maximum Gasteiger partial charge on any atom is 0.222 e. The van der Waals surface area contributed by atoms with Gasteiger partial charge in [0.05, 0.1) is 13.2 Å². The average Bonchev–Trinajstić information content (AvgIpc) is 2.88. The van der Waals surface area contributed by atoms with Gasteiger partial charge in [-0.1, -0.05) is 0 Å². The lowest BCUT2D eigenvalue weighted by Crippen LogP contribution is -2.46. The van der Waals surface area contributed by atoms with Gasteiger partial charge < -0.3 is 15.0 Å². The zero-order valence-corrected chi connectivity index (χ0v) is 14.5. The van der Waals surface area contributed by atoms with Crippen LogP contribution in [-0.2, 0) is 9.53 Å². The molecule has 2 aliphatic rings. The Bertz CT molecular complexity index is 289. The smallest absolute Gasteiger partial charge is 0.222 e. The third-order valence-corrected chi connectivity index (χ3v) is 4.09. The van der Waals surface area contributed by atoms with E-state index in [0.29, 0.717) is 18.4 Å². The highest BCUT2D eigenvalue weighted by atomic mass is 35.5. The largest absolute Gasteiger partial charge is 0.379 e. The zero-order chi connectivity index (χ0) is 13.5. The van der Waals surface area contributed by atoms with Gasteiger partial charge in [-0.15, -0.1) is 24.8 Å². The molecule has 2 saturated heterocycles. The van der Waals surface area contributed by atoms with Crippen molar-refractivity contribution >= 4 is 30.7 Å². The van der Waals surface area contributed by atoms with E-state index in [0.717, 1.165) is 65.2 Å². The monoisotopic (exact) mass is 341 g/mol. The van der Waals surface area contributed by atoms with E-state index in [1.54, 1.807) is 0 Å². The molecule has 2 heterocycles. The SMILES string of the molecule is CNCCCC(=O)N1CCCC1CN1CCOCC1.Cl.Cl. The Balaban J connectivity index is 0.00000200. The van der Waals surface area contributed by atoms with E-state index in [9.17, 15) is 4.79 Å². The van der Waals surface area contributed by atoms with E-state index in [-0.39, 0.29) is 24.8 Å². The average molecular weight is 342 g/mol. The summed E-state index contributed by atoms with van der Waals surface area (Å²) in [4.78, 5) is 16.8. The number of likely N-dealkylation sites (tertiary alicyclic amines) is 1.